The maximum atomic E-state index is 6.27. The van der Waals surface area contributed by atoms with Crippen molar-refractivity contribution in [3.8, 4) is 11.6 Å². The van der Waals surface area contributed by atoms with Crippen molar-refractivity contribution < 1.29 is 14.0 Å². The maximum absolute atomic E-state index is 6.27. The summed E-state index contributed by atoms with van der Waals surface area (Å²) in [4.78, 5) is 14.3. The lowest BCUT2D eigenvalue weighted by atomic mass is 10.2. The van der Waals surface area contributed by atoms with Crippen LogP contribution < -0.4 is 10.1 Å². The van der Waals surface area contributed by atoms with E-state index in [1.54, 1.807) is 13.4 Å². The van der Waals surface area contributed by atoms with Gasteiger partial charge >= 0.3 is 0 Å². The molecule has 9 heteroatoms. The Labute approximate surface area is 177 Å². The van der Waals surface area contributed by atoms with Crippen molar-refractivity contribution in [3.05, 3.63) is 71.1 Å². The number of amidine groups is 1. The third-order valence-electron chi connectivity index (χ3n) is 4.84. The number of imidazole rings is 1. The first kappa shape index (κ1) is 18.5. The minimum Gasteiger partial charge on any atom is -0.479 e. The number of benzene rings is 1. The van der Waals surface area contributed by atoms with Crippen molar-refractivity contribution in [2.24, 2.45) is 5.16 Å². The number of hydrogen-bond donors (Lipinski definition) is 1. The molecule has 1 aliphatic rings. The van der Waals surface area contributed by atoms with Crippen LogP contribution in [0, 0.1) is 6.92 Å². The van der Waals surface area contributed by atoms with E-state index < -0.39 is 0 Å². The second-order valence-corrected chi connectivity index (χ2v) is 7.29. The number of fused-ring (bicyclic) bond motifs is 1. The van der Waals surface area contributed by atoms with Crippen molar-refractivity contribution in [1.29, 1.82) is 0 Å². The van der Waals surface area contributed by atoms with Gasteiger partial charge in [-0.15, -0.1) is 0 Å². The van der Waals surface area contributed by atoms with Gasteiger partial charge in [-0.2, -0.15) is 0 Å². The molecule has 0 fully saturated rings. The Kier molecular flexibility index (Phi) is 4.55. The predicted molar refractivity (Wildman–Crippen MR) is 112 cm³/mol. The van der Waals surface area contributed by atoms with Crippen LogP contribution in [0.25, 0.3) is 16.7 Å². The van der Waals surface area contributed by atoms with Crippen LogP contribution in [-0.4, -0.2) is 34.1 Å². The van der Waals surface area contributed by atoms with Crippen LogP contribution in [-0.2, 0) is 4.84 Å². The number of aryl methyl sites for hydroxylation is 1. The second-order valence-electron chi connectivity index (χ2n) is 6.88. The normalized spacial score (nSPS) is 16.1. The van der Waals surface area contributed by atoms with Crippen LogP contribution in [0.2, 0.25) is 5.02 Å². The number of oxime groups is 1. The topological polar surface area (TPSA) is 86.7 Å². The molecule has 1 atom stereocenters. The van der Waals surface area contributed by atoms with Gasteiger partial charge < -0.3 is 23.9 Å². The lowest BCUT2D eigenvalue weighted by Crippen LogP contribution is -2.36. The second kappa shape index (κ2) is 7.38. The molecule has 3 aromatic heterocycles. The molecule has 1 aliphatic heterocycles. The highest BCUT2D eigenvalue weighted by Gasteiger charge is 2.25. The Morgan fingerprint density at radius 2 is 2.17 bits per heavy atom. The fraction of sp³-hybridized carbons (Fsp3) is 0.190. The number of pyridine rings is 1. The Hall–Kier alpha value is -3.52. The van der Waals surface area contributed by atoms with Gasteiger partial charge in [-0.1, -0.05) is 22.8 Å². The first-order valence-electron chi connectivity index (χ1n) is 9.33. The summed E-state index contributed by atoms with van der Waals surface area (Å²) in [5.74, 6) is 1.65. The minimum absolute atomic E-state index is 0.232. The molecule has 8 nitrogen and oxygen atoms in total. The van der Waals surface area contributed by atoms with Crippen molar-refractivity contribution in [3.63, 3.8) is 0 Å². The van der Waals surface area contributed by atoms with Crippen LogP contribution in [0.4, 0.5) is 0 Å². The molecule has 30 heavy (non-hydrogen) atoms. The molecular formula is C21H18ClN5O3. The summed E-state index contributed by atoms with van der Waals surface area (Å²) >= 11 is 6.27. The zero-order chi connectivity index (χ0) is 20.7. The van der Waals surface area contributed by atoms with E-state index in [1.165, 1.54) is 0 Å². The van der Waals surface area contributed by atoms with Crippen LogP contribution in [0.3, 0.4) is 0 Å². The summed E-state index contributed by atoms with van der Waals surface area (Å²) in [6.07, 6.45) is 3.62. The van der Waals surface area contributed by atoms with E-state index in [1.807, 2.05) is 54.1 Å². The van der Waals surface area contributed by atoms with Gasteiger partial charge in [-0.05, 0) is 37.3 Å². The number of aromatic nitrogens is 3. The van der Waals surface area contributed by atoms with Crippen molar-refractivity contribution in [2.45, 2.75) is 13.0 Å². The monoisotopic (exact) mass is 423 g/mol. The number of nitrogens with zero attached hydrogens (tertiary/aromatic N) is 4. The first-order chi connectivity index (χ1) is 14.6. The molecule has 1 unspecified atom stereocenters. The van der Waals surface area contributed by atoms with Gasteiger partial charge in [0.1, 0.15) is 35.4 Å². The molecule has 4 heterocycles. The lowest BCUT2D eigenvalue weighted by molar-refractivity contribution is 0.103. The molecule has 0 aliphatic carbocycles. The third kappa shape index (κ3) is 3.25. The van der Waals surface area contributed by atoms with Gasteiger partial charge in [0.05, 0.1) is 24.2 Å². The van der Waals surface area contributed by atoms with Crippen molar-refractivity contribution in [1.82, 2.24) is 19.9 Å². The highest BCUT2D eigenvalue weighted by molar-refractivity contribution is 6.35. The van der Waals surface area contributed by atoms with Crippen LogP contribution in [0.15, 0.2) is 58.5 Å². The van der Waals surface area contributed by atoms with E-state index in [2.05, 4.69) is 20.4 Å². The summed E-state index contributed by atoms with van der Waals surface area (Å²) in [6, 6.07) is 11.0. The largest absolute Gasteiger partial charge is 0.479 e. The number of ether oxygens (including phenoxy) is 1. The van der Waals surface area contributed by atoms with Crippen LogP contribution >= 0.6 is 11.6 Å². The fourth-order valence-electron chi connectivity index (χ4n) is 3.36. The Morgan fingerprint density at radius 3 is 2.93 bits per heavy atom. The molecule has 152 valence electrons. The highest BCUT2D eigenvalue weighted by atomic mass is 35.5. The molecule has 0 saturated heterocycles. The molecule has 4 aromatic rings. The molecule has 1 N–H and O–H groups in total. The van der Waals surface area contributed by atoms with E-state index in [4.69, 9.17) is 25.6 Å². The number of hydrogen-bond acceptors (Lipinski definition) is 7. The van der Waals surface area contributed by atoms with E-state index in [-0.39, 0.29) is 6.04 Å². The number of furan rings is 1. The van der Waals surface area contributed by atoms with Crippen molar-refractivity contribution in [2.75, 3.05) is 13.7 Å². The third-order valence-corrected chi connectivity index (χ3v) is 5.17. The van der Waals surface area contributed by atoms with Gasteiger partial charge in [0, 0.05) is 11.6 Å². The average Bonchev–Trinajstić information content (AvgIpc) is 3.40. The average molecular weight is 424 g/mol. The van der Waals surface area contributed by atoms with E-state index in [9.17, 15) is 0 Å². The molecule has 0 saturated carbocycles. The van der Waals surface area contributed by atoms with Gasteiger partial charge in [0.15, 0.2) is 5.84 Å². The Bertz CT molecular complexity index is 1260. The van der Waals surface area contributed by atoms with Crippen molar-refractivity contribution >= 4 is 28.4 Å². The Morgan fingerprint density at radius 1 is 1.27 bits per heavy atom. The molecule has 0 bridgehead atoms. The molecule has 0 amide bonds. The molecule has 1 aromatic carbocycles. The minimum atomic E-state index is -0.232. The van der Waals surface area contributed by atoms with Gasteiger partial charge in [0.25, 0.3) is 0 Å². The van der Waals surface area contributed by atoms with Gasteiger partial charge in [-0.3, -0.25) is 0 Å². The molecule has 0 spiro atoms. The van der Waals surface area contributed by atoms with E-state index >= 15 is 0 Å². The number of halogens is 1. The number of rotatable bonds is 4. The fourth-order valence-corrected chi connectivity index (χ4v) is 3.59. The van der Waals surface area contributed by atoms with E-state index in [0.717, 1.165) is 22.4 Å². The number of methoxy groups -OCH3 is 1. The van der Waals surface area contributed by atoms with Crippen LogP contribution in [0.1, 0.15) is 23.2 Å². The van der Waals surface area contributed by atoms with Gasteiger partial charge in [-0.25, -0.2) is 9.97 Å². The summed E-state index contributed by atoms with van der Waals surface area (Å²) in [7, 11) is 1.58. The maximum Gasteiger partial charge on any atom is 0.238 e. The molecule has 5 rings (SSSR count). The Balaban J connectivity index is 1.44. The molecule has 0 radical (unpaired) electrons. The highest BCUT2D eigenvalue weighted by Crippen LogP contribution is 2.30. The zero-order valence-electron chi connectivity index (χ0n) is 16.3. The molecular weight excluding hydrogens is 406 g/mol. The number of nitrogens with one attached hydrogen (secondary N) is 1. The van der Waals surface area contributed by atoms with Gasteiger partial charge in [0.2, 0.25) is 5.88 Å². The van der Waals surface area contributed by atoms with E-state index in [0.29, 0.717) is 34.8 Å². The standard InChI is InChI=1S/C21H18ClN5O3/c1-12-9-27(11-23-12)17-7-6-15(25-21(17)28-2)20-24-16(10-29-26-20)19-8-13-14(22)4-3-5-18(13)30-19/h3-9,11,16H,10H2,1-2H3,(H,24,26). The quantitative estimate of drug-likeness (QED) is 0.533. The SMILES string of the molecule is COc1nc(C2=NOCC(c3cc4c(Cl)cccc4o3)N2)ccc1-n1cnc(C)c1. The summed E-state index contributed by atoms with van der Waals surface area (Å²) in [6.45, 7) is 2.25. The predicted octanol–water partition coefficient (Wildman–Crippen LogP) is 4.01. The summed E-state index contributed by atoms with van der Waals surface area (Å²) in [5.41, 5.74) is 3.00. The smallest absolute Gasteiger partial charge is 0.238 e. The lowest BCUT2D eigenvalue weighted by Gasteiger charge is -2.22. The summed E-state index contributed by atoms with van der Waals surface area (Å²) < 4.78 is 13.3. The summed E-state index contributed by atoms with van der Waals surface area (Å²) in [5, 5.41) is 8.97. The van der Waals surface area contributed by atoms with Crippen LogP contribution in [0.5, 0.6) is 5.88 Å². The first-order valence-corrected chi connectivity index (χ1v) is 9.71. The zero-order valence-corrected chi connectivity index (χ0v) is 17.1.